The van der Waals surface area contributed by atoms with Crippen LogP contribution in [0.25, 0.3) is 0 Å². The number of ether oxygens (including phenoxy) is 2. The van der Waals surface area contributed by atoms with E-state index in [1.807, 2.05) is 4.68 Å². The number of carbonyl (C=O) groups is 1. The Morgan fingerprint density at radius 1 is 1.41 bits per heavy atom. The molecule has 2 rings (SSSR count). The van der Waals surface area contributed by atoms with Crippen LogP contribution in [0.5, 0.6) is 0 Å². The Morgan fingerprint density at radius 2 is 2.21 bits per heavy atom. The third-order valence-electron chi connectivity index (χ3n) is 4.61. The van der Waals surface area contributed by atoms with Gasteiger partial charge in [0.15, 0.2) is 11.8 Å². The number of fused-ring (bicyclic) bond motifs is 1. The number of hydrogen-bond donors (Lipinski definition) is 3. The van der Waals surface area contributed by atoms with E-state index in [0.717, 1.165) is 31.6 Å². The Hall–Kier alpha value is -2.36. The van der Waals surface area contributed by atoms with Gasteiger partial charge in [-0.3, -0.25) is 4.99 Å². The first-order chi connectivity index (χ1) is 13.9. The van der Waals surface area contributed by atoms with E-state index in [4.69, 9.17) is 9.47 Å². The lowest BCUT2D eigenvalue weighted by Gasteiger charge is -2.27. The molecular formula is C19H35N7O3. The van der Waals surface area contributed by atoms with Crippen LogP contribution in [0.3, 0.4) is 0 Å². The first kappa shape index (κ1) is 22.9. The Morgan fingerprint density at radius 3 is 2.86 bits per heavy atom. The summed E-state index contributed by atoms with van der Waals surface area (Å²) in [6.45, 7) is 8.12. The largest absolute Gasteiger partial charge is 0.450 e. The molecule has 10 heteroatoms. The maximum absolute atomic E-state index is 11.8. The molecule has 2 unspecified atom stereocenters. The molecule has 0 aromatic carbocycles. The van der Waals surface area contributed by atoms with Crippen molar-refractivity contribution in [1.82, 2.24) is 30.7 Å². The van der Waals surface area contributed by atoms with Crippen molar-refractivity contribution in [3.8, 4) is 0 Å². The lowest BCUT2D eigenvalue weighted by molar-refractivity contribution is 0.146. The molecule has 0 bridgehead atoms. The fourth-order valence-corrected chi connectivity index (χ4v) is 3.38. The van der Waals surface area contributed by atoms with Crippen molar-refractivity contribution in [1.29, 1.82) is 0 Å². The van der Waals surface area contributed by atoms with E-state index in [2.05, 4.69) is 44.9 Å². The van der Waals surface area contributed by atoms with Gasteiger partial charge in [0.2, 0.25) is 0 Å². The van der Waals surface area contributed by atoms with E-state index in [0.29, 0.717) is 37.5 Å². The minimum atomic E-state index is -0.388. The van der Waals surface area contributed by atoms with Gasteiger partial charge < -0.3 is 25.4 Å². The topological polar surface area (TPSA) is 115 Å². The van der Waals surface area contributed by atoms with E-state index in [1.54, 1.807) is 21.1 Å². The van der Waals surface area contributed by atoms with Crippen molar-refractivity contribution < 1.29 is 14.3 Å². The highest BCUT2D eigenvalue weighted by Crippen LogP contribution is 2.13. The fourth-order valence-electron chi connectivity index (χ4n) is 3.38. The molecule has 0 radical (unpaired) electrons. The van der Waals surface area contributed by atoms with Crippen molar-refractivity contribution in [2.24, 2.45) is 10.9 Å². The number of rotatable bonds is 9. The highest BCUT2D eigenvalue weighted by Gasteiger charge is 2.23. The summed E-state index contributed by atoms with van der Waals surface area (Å²) in [5.41, 5.74) is 0. The number of hydrogen-bond acceptors (Lipinski definition) is 6. The third kappa shape index (κ3) is 7.52. The van der Waals surface area contributed by atoms with Crippen LogP contribution in [0.1, 0.15) is 45.3 Å². The second kappa shape index (κ2) is 11.6. The molecule has 29 heavy (non-hydrogen) atoms. The summed E-state index contributed by atoms with van der Waals surface area (Å²) >= 11 is 0. The Bertz CT molecular complexity index is 675. The monoisotopic (exact) mass is 409 g/mol. The standard InChI is InChI=1S/C19H35N7O3/c1-6-29-19(27)23-15(9-13(2)3)10-21-18(20-4)22-14-7-8-17-24-16(12-28-5)25-26(17)11-14/h13-15H,6-12H2,1-5H3,(H,23,27)(H2,20,21,22). The van der Waals surface area contributed by atoms with Crippen LogP contribution in [0.2, 0.25) is 0 Å². The summed E-state index contributed by atoms with van der Waals surface area (Å²) in [6, 6.07) is 0.157. The van der Waals surface area contributed by atoms with Gasteiger partial charge in [-0.15, -0.1) is 0 Å². The van der Waals surface area contributed by atoms with Gasteiger partial charge in [-0.2, -0.15) is 5.10 Å². The first-order valence-electron chi connectivity index (χ1n) is 10.3. The number of aromatic nitrogens is 3. The van der Waals surface area contributed by atoms with Crippen LogP contribution in [-0.2, 0) is 29.0 Å². The van der Waals surface area contributed by atoms with Crippen LogP contribution in [0, 0.1) is 5.92 Å². The maximum atomic E-state index is 11.8. The van der Waals surface area contributed by atoms with Crippen LogP contribution < -0.4 is 16.0 Å². The van der Waals surface area contributed by atoms with Crippen molar-refractivity contribution in [3.05, 3.63) is 11.6 Å². The molecule has 2 atom stereocenters. The molecule has 1 aliphatic rings. The number of aliphatic imine (C=N–C) groups is 1. The van der Waals surface area contributed by atoms with E-state index in [1.165, 1.54) is 0 Å². The van der Waals surface area contributed by atoms with E-state index < -0.39 is 0 Å². The van der Waals surface area contributed by atoms with Crippen molar-refractivity contribution in [2.45, 2.75) is 65.3 Å². The summed E-state index contributed by atoms with van der Waals surface area (Å²) < 4.78 is 12.1. The summed E-state index contributed by atoms with van der Waals surface area (Å²) in [4.78, 5) is 20.6. The lowest BCUT2D eigenvalue weighted by atomic mass is 10.0. The van der Waals surface area contributed by atoms with Gasteiger partial charge in [0, 0.05) is 39.2 Å². The number of alkyl carbamates (subject to hydrolysis) is 1. The molecule has 0 aliphatic carbocycles. The maximum Gasteiger partial charge on any atom is 0.407 e. The van der Waals surface area contributed by atoms with Gasteiger partial charge >= 0.3 is 6.09 Å². The molecule has 10 nitrogen and oxygen atoms in total. The zero-order valence-electron chi connectivity index (χ0n) is 18.2. The molecule has 0 saturated heterocycles. The smallest absolute Gasteiger partial charge is 0.407 e. The Balaban J connectivity index is 1.87. The normalized spacial score (nSPS) is 17.6. The van der Waals surface area contributed by atoms with Gasteiger partial charge in [0.25, 0.3) is 0 Å². The van der Waals surface area contributed by atoms with Crippen LogP contribution in [0.15, 0.2) is 4.99 Å². The van der Waals surface area contributed by atoms with Crippen LogP contribution in [-0.4, -0.2) is 66.2 Å². The van der Waals surface area contributed by atoms with Gasteiger partial charge in [0.1, 0.15) is 12.4 Å². The minimum absolute atomic E-state index is 0.0440. The van der Waals surface area contributed by atoms with Crippen LogP contribution >= 0.6 is 0 Å². The summed E-state index contributed by atoms with van der Waals surface area (Å²) in [7, 11) is 3.38. The fraction of sp³-hybridized carbons (Fsp3) is 0.789. The molecule has 3 N–H and O–H groups in total. The second-order valence-corrected chi connectivity index (χ2v) is 7.58. The average molecular weight is 410 g/mol. The molecule has 1 aliphatic heterocycles. The Kier molecular flexibility index (Phi) is 9.17. The number of aryl methyl sites for hydroxylation is 1. The van der Waals surface area contributed by atoms with Gasteiger partial charge in [-0.1, -0.05) is 13.8 Å². The molecular weight excluding hydrogens is 374 g/mol. The summed E-state index contributed by atoms with van der Waals surface area (Å²) in [5.74, 6) is 2.86. The molecule has 1 amide bonds. The third-order valence-corrected chi connectivity index (χ3v) is 4.61. The Labute approximate surface area is 172 Å². The zero-order chi connectivity index (χ0) is 21.2. The number of amides is 1. The second-order valence-electron chi connectivity index (χ2n) is 7.58. The van der Waals surface area contributed by atoms with Crippen LogP contribution in [0.4, 0.5) is 4.79 Å². The molecule has 1 aromatic heterocycles. The average Bonchev–Trinajstić information content (AvgIpc) is 3.06. The number of guanidine groups is 1. The highest BCUT2D eigenvalue weighted by molar-refractivity contribution is 5.80. The van der Waals surface area contributed by atoms with Crippen molar-refractivity contribution in [3.63, 3.8) is 0 Å². The zero-order valence-corrected chi connectivity index (χ0v) is 18.2. The highest BCUT2D eigenvalue weighted by atomic mass is 16.5. The number of methoxy groups -OCH3 is 1. The minimum Gasteiger partial charge on any atom is -0.450 e. The molecule has 164 valence electrons. The molecule has 0 saturated carbocycles. The molecule has 0 fully saturated rings. The molecule has 0 spiro atoms. The number of nitrogens with one attached hydrogen (secondary N) is 3. The number of nitrogens with zero attached hydrogens (tertiary/aromatic N) is 4. The lowest BCUT2D eigenvalue weighted by Crippen LogP contribution is -2.51. The van der Waals surface area contributed by atoms with Gasteiger partial charge in [-0.25, -0.2) is 14.5 Å². The predicted octanol–water partition coefficient (Wildman–Crippen LogP) is 1.07. The van der Waals surface area contributed by atoms with Crippen molar-refractivity contribution >= 4 is 12.1 Å². The molecule has 2 heterocycles. The van der Waals surface area contributed by atoms with Crippen molar-refractivity contribution in [2.75, 3.05) is 27.3 Å². The summed E-state index contributed by atoms with van der Waals surface area (Å²) in [6.07, 6.45) is 2.26. The van der Waals surface area contributed by atoms with E-state index >= 15 is 0 Å². The predicted molar refractivity (Wildman–Crippen MR) is 111 cm³/mol. The quantitative estimate of drug-likeness (QED) is 0.413. The van der Waals surface area contributed by atoms with Gasteiger partial charge in [0.05, 0.1) is 13.2 Å². The number of carbonyl (C=O) groups excluding carboxylic acids is 1. The SMILES string of the molecule is CCOC(=O)NC(CNC(=NC)NC1CCc2nc(COC)nn2C1)CC(C)C. The molecule has 1 aromatic rings. The van der Waals surface area contributed by atoms with E-state index in [-0.39, 0.29) is 18.2 Å². The first-order valence-corrected chi connectivity index (χ1v) is 10.3. The summed E-state index contributed by atoms with van der Waals surface area (Å²) in [5, 5.41) is 14.2. The van der Waals surface area contributed by atoms with Gasteiger partial charge in [-0.05, 0) is 25.7 Å². The van der Waals surface area contributed by atoms with E-state index in [9.17, 15) is 4.79 Å².